The van der Waals surface area contributed by atoms with Crippen molar-refractivity contribution in [2.45, 2.75) is 99.9 Å². The standard InChI is InChI=1S/C34H44N4O9S/c1-6-7-17-42-30-26(36-31(40)27-19(2)20(3)28(44-21(4)39)32(46-27)37-38-35)34(48-24-15-13-23(41-5)14-16-24)45-25-18-43-33(47-29(25)30)22-11-9-8-10-12-22/h8-16,19-20,25-30,32-34H,6-7,17-18H2,1-5H3,(H,36,40)/t19-,20-,25?,26?,27?,28-,29-,30+,32?,33?,34-/m0/s1. The zero-order valence-corrected chi connectivity index (χ0v) is 28.6. The van der Waals surface area contributed by atoms with E-state index in [1.54, 1.807) is 7.11 Å². The van der Waals surface area contributed by atoms with Gasteiger partial charge in [-0.2, -0.15) is 0 Å². The van der Waals surface area contributed by atoms with E-state index in [0.29, 0.717) is 6.61 Å². The first-order chi connectivity index (χ1) is 23.2. The van der Waals surface area contributed by atoms with Gasteiger partial charge in [-0.05, 0) is 42.1 Å². The molecule has 5 rings (SSSR count). The summed E-state index contributed by atoms with van der Waals surface area (Å²) in [6, 6.07) is 16.6. The topological polar surface area (TPSA) is 160 Å². The minimum atomic E-state index is -1.18. The number of fused-ring (bicyclic) bond motifs is 1. The first-order valence-corrected chi connectivity index (χ1v) is 17.2. The van der Waals surface area contributed by atoms with Crippen molar-refractivity contribution in [1.29, 1.82) is 0 Å². The van der Waals surface area contributed by atoms with Gasteiger partial charge >= 0.3 is 5.97 Å². The van der Waals surface area contributed by atoms with Gasteiger partial charge in [-0.3, -0.25) is 9.59 Å². The number of unbranched alkanes of at least 4 members (excludes halogenated alkanes) is 1. The molecule has 1 N–H and O–H groups in total. The molecule has 0 saturated carbocycles. The van der Waals surface area contributed by atoms with Gasteiger partial charge < -0.3 is 38.5 Å². The monoisotopic (exact) mass is 684 g/mol. The summed E-state index contributed by atoms with van der Waals surface area (Å²) in [5, 5.41) is 6.92. The molecule has 0 bridgehead atoms. The highest BCUT2D eigenvalue weighted by atomic mass is 32.2. The summed E-state index contributed by atoms with van der Waals surface area (Å²) in [7, 11) is 1.61. The van der Waals surface area contributed by atoms with Crippen LogP contribution in [0.25, 0.3) is 10.4 Å². The number of hydrogen-bond donors (Lipinski definition) is 1. The largest absolute Gasteiger partial charge is 0.497 e. The minimum Gasteiger partial charge on any atom is -0.497 e. The van der Waals surface area contributed by atoms with E-state index in [9.17, 15) is 15.1 Å². The van der Waals surface area contributed by atoms with E-state index < -0.39 is 72.3 Å². The van der Waals surface area contributed by atoms with Crippen molar-refractivity contribution in [2.75, 3.05) is 20.3 Å². The van der Waals surface area contributed by atoms with E-state index in [1.807, 2.05) is 68.4 Å². The molecule has 5 unspecified atom stereocenters. The van der Waals surface area contributed by atoms with Gasteiger partial charge in [0.05, 0.1) is 19.8 Å². The molecule has 0 spiro atoms. The molecule has 2 aromatic carbocycles. The maximum Gasteiger partial charge on any atom is 0.303 e. The van der Waals surface area contributed by atoms with Gasteiger partial charge in [-0.1, -0.05) is 74.4 Å². The lowest BCUT2D eigenvalue weighted by atomic mass is 9.82. The number of carbonyl (C=O) groups is 2. The number of thioether (sulfide) groups is 1. The fourth-order valence-corrected chi connectivity index (χ4v) is 7.32. The number of rotatable bonds is 12. The van der Waals surface area contributed by atoms with Crippen LogP contribution in [0.15, 0.2) is 64.6 Å². The van der Waals surface area contributed by atoms with E-state index >= 15 is 0 Å². The van der Waals surface area contributed by atoms with Crippen molar-refractivity contribution in [1.82, 2.24) is 5.32 Å². The van der Waals surface area contributed by atoms with Crippen LogP contribution < -0.4 is 10.1 Å². The number of methoxy groups -OCH3 is 1. The van der Waals surface area contributed by atoms with Gasteiger partial charge in [0, 0.05) is 34.8 Å². The molecular formula is C34H44N4O9S. The summed E-state index contributed by atoms with van der Waals surface area (Å²) in [6.07, 6.45) is -3.58. The Bertz CT molecular complexity index is 1410. The van der Waals surface area contributed by atoms with Crippen molar-refractivity contribution in [3.63, 3.8) is 0 Å². The zero-order valence-electron chi connectivity index (χ0n) is 27.8. The Labute approximate surface area is 284 Å². The lowest BCUT2D eigenvalue weighted by Crippen LogP contribution is -2.67. The molecule has 3 aliphatic rings. The Morgan fingerprint density at radius 3 is 2.46 bits per heavy atom. The molecule has 1 amide bonds. The highest BCUT2D eigenvalue weighted by molar-refractivity contribution is 7.99. The van der Waals surface area contributed by atoms with Crippen LogP contribution in [0.3, 0.4) is 0 Å². The average Bonchev–Trinajstić information content (AvgIpc) is 3.09. The number of carbonyl (C=O) groups excluding carboxylic acids is 2. The molecule has 3 aliphatic heterocycles. The molecule has 260 valence electrons. The molecule has 11 atom stereocenters. The predicted octanol–water partition coefficient (Wildman–Crippen LogP) is 5.54. The normalized spacial score (nSPS) is 33.1. The molecule has 14 heteroatoms. The van der Waals surface area contributed by atoms with Gasteiger partial charge in [-0.15, -0.1) is 0 Å². The third-order valence-corrected chi connectivity index (χ3v) is 10.1. The summed E-state index contributed by atoms with van der Waals surface area (Å²) in [5.74, 6) is -1.00. The van der Waals surface area contributed by atoms with Crippen LogP contribution in [0.4, 0.5) is 0 Å². The van der Waals surface area contributed by atoms with Gasteiger partial charge in [0.1, 0.15) is 41.7 Å². The SMILES string of the molecule is CCCCO[C@@H]1C(NC(=O)C2OC(N=[N+]=[N-])[C@@H](OC(C)=O)[C@@H](C)[C@@H]2C)[C@H](Sc2ccc(OC)cc2)OC2COC(c3ccccc3)O[C@@H]21. The lowest BCUT2D eigenvalue weighted by Gasteiger charge is -2.50. The van der Waals surface area contributed by atoms with Gasteiger partial charge in [0.15, 0.2) is 12.5 Å². The number of benzene rings is 2. The fourth-order valence-electron chi connectivity index (χ4n) is 6.19. The quantitative estimate of drug-likeness (QED) is 0.0990. The second-order valence-corrected chi connectivity index (χ2v) is 13.4. The number of nitrogens with one attached hydrogen (secondary N) is 1. The van der Waals surface area contributed by atoms with Crippen LogP contribution >= 0.6 is 11.8 Å². The van der Waals surface area contributed by atoms with Crippen LogP contribution in [0.5, 0.6) is 5.75 Å². The Kier molecular flexibility index (Phi) is 12.6. The Balaban J connectivity index is 1.45. The average molecular weight is 685 g/mol. The first-order valence-electron chi connectivity index (χ1n) is 16.3. The molecule has 48 heavy (non-hydrogen) atoms. The highest BCUT2D eigenvalue weighted by Crippen LogP contribution is 2.41. The number of amides is 1. The van der Waals surface area contributed by atoms with Crippen molar-refractivity contribution < 1.29 is 42.7 Å². The van der Waals surface area contributed by atoms with Crippen LogP contribution in [0.2, 0.25) is 0 Å². The number of esters is 1. The van der Waals surface area contributed by atoms with Crippen LogP contribution in [0, 0.1) is 11.8 Å². The van der Waals surface area contributed by atoms with E-state index in [-0.39, 0.29) is 12.5 Å². The molecule has 0 aliphatic carbocycles. The van der Waals surface area contributed by atoms with Gasteiger partial charge in [0.2, 0.25) is 5.91 Å². The van der Waals surface area contributed by atoms with E-state index in [0.717, 1.165) is 29.1 Å². The van der Waals surface area contributed by atoms with Gasteiger partial charge in [0.25, 0.3) is 0 Å². The Morgan fingerprint density at radius 2 is 1.79 bits per heavy atom. The number of ether oxygens (including phenoxy) is 7. The number of azide groups is 1. The third kappa shape index (κ3) is 8.43. The molecular weight excluding hydrogens is 640 g/mol. The molecule has 3 saturated heterocycles. The number of hydrogen-bond acceptors (Lipinski definition) is 11. The van der Waals surface area contributed by atoms with Crippen LogP contribution in [-0.2, 0) is 38.0 Å². The number of nitrogens with zero attached hydrogens (tertiary/aromatic N) is 3. The Hall–Kier alpha value is -3.36. The summed E-state index contributed by atoms with van der Waals surface area (Å²) in [6.45, 7) is 7.76. The van der Waals surface area contributed by atoms with E-state index in [1.165, 1.54) is 18.7 Å². The molecule has 13 nitrogen and oxygen atoms in total. The lowest BCUT2D eigenvalue weighted by molar-refractivity contribution is -0.311. The molecule has 0 aromatic heterocycles. The maximum atomic E-state index is 14.2. The molecule has 2 aromatic rings. The van der Waals surface area contributed by atoms with E-state index in [4.69, 9.17) is 33.2 Å². The van der Waals surface area contributed by atoms with Crippen LogP contribution in [0.1, 0.15) is 52.4 Å². The molecule has 0 radical (unpaired) electrons. The zero-order chi connectivity index (χ0) is 34.2. The van der Waals surface area contributed by atoms with Gasteiger partial charge in [-0.25, -0.2) is 0 Å². The summed E-state index contributed by atoms with van der Waals surface area (Å²) in [5.41, 5.74) is 9.50. The first kappa shape index (κ1) is 35.9. The van der Waals surface area contributed by atoms with Crippen molar-refractivity contribution in [3.8, 4) is 5.75 Å². The molecule has 3 heterocycles. The summed E-state index contributed by atoms with van der Waals surface area (Å²) in [4.78, 5) is 29.8. The Morgan fingerprint density at radius 1 is 1.04 bits per heavy atom. The third-order valence-electron chi connectivity index (χ3n) is 8.96. The summed E-state index contributed by atoms with van der Waals surface area (Å²) >= 11 is 1.45. The highest BCUT2D eigenvalue weighted by Gasteiger charge is 2.53. The second-order valence-electron chi connectivity index (χ2n) is 12.2. The smallest absolute Gasteiger partial charge is 0.303 e. The van der Waals surface area contributed by atoms with Crippen molar-refractivity contribution in [2.24, 2.45) is 17.0 Å². The van der Waals surface area contributed by atoms with Crippen molar-refractivity contribution in [3.05, 3.63) is 70.6 Å². The minimum absolute atomic E-state index is 0.268. The van der Waals surface area contributed by atoms with Crippen molar-refractivity contribution >= 4 is 23.6 Å². The summed E-state index contributed by atoms with van der Waals surface area (Å²) < 4.78 is 42.8. The second kappa shape index (κ2) is 16.8. The maximum absolute atomic E-state index is 14.2. The van der Waals surface area contributed by atoms with E-state index in [2.05, 4.69) is 22.3 Å². The predicted molar refractivity (Wildman–Crippen MR) is 176 cm³/mol. The molecule has 3 fully saturated rings. The fraction of sp³-hybridized carbons (Fsp3) is 0.588. The van der Waals surface area contributed by atoms with Crippen LogP contribution in [-0.4, -0.2) is 80.4 Å².